The lowest BCUT2D eigenvalue weighted by Gasteiger charge is -2.39. The molecule has 0 saturated heterocycles. The van der Waals surface area contributed by atoms with Crippen LogP contribution in [0.15, 0.2) is 11.6 Å². The minimum Gasteiger partial charge on any atom is -0.295 e. The van der Waals surface area contributed by atoms with Crippen molar-refractivity contribution in [3.8, 4) is 0 Å². The number of carbonyl (C=O) groups is 1. The van der Waals surface area contributed by atoms with Crippen LogP contribution in [0.2, 0.25) is 0 Å². The Morgan fingerprint density at radius 2 is 2.13 bits per heavy atom. The van der Waals surface area contributed by atoms with Crippen LogP contribution < -0.4 is 0 Å². The van der Waals surface area contributed by atoms with Crippen LogP contribution in [0.5, 0.6) is 0 Å². The summed E-state index contributed by atoms with van der Waals surface area (Å²) in [6.07, 6.45) is 6.80. The first-order valence-electron chi connectivity index (χ1n) is 6.24. The highest BCUT2D eigenvalue weighted by molar-refractivity contribution is 5.95. The summed E-state index contributed by atoms with van der Waals surface area (Å²) >= 11 is 0. The van der Waals surface area contributed by atoms with Crippen LogP contribution in [0.3, 0.4) is 0 Å². The van der Waals surface area contributed by atoms with Gasteiger partial charge in [-0.15, -0.1) is 0 Å². The van der Waals surface area contributed by atoms with E-state index < -0.39 is 0 Å². The molecule has 0 bridgehead atoms. The van der Waals surface area contributed by atoms with Gasteiger partial charge in [0.05, 0.1) is 0 Å². The van der Waals surface area contributed by atoms with Crippen LogP contribution in [0.4, 0.5) is 0 Å². The summed E-state index contributed by atoms with van der Waals surface area (Å²) < 4.78 is 0. The lowest BCUT2D eigenvalue weighted by molar-refractivity contribution is -0.116. The molecule has 0 aromatic rings. The van der Waals surface area contributed by atoms with Gasteiger partial charge in [-0.1, -0.05) is 32.8 Å². The molecule has 15 heavy (non-hydrogen) atoms. The van der Waals surface area contributed by atoms with Gasteiger partial charge in [0.15, 0.2) is 5.78 Å². The third-order valence-electron chi connectivity index (χ3n) is 5.87. The minimum absolute atomic E-state index is 0.199. The Morgan fingerprint density at radius 3 is 2.87 bits per heavy atom. The van der Waals surface area contributed by atoms with Crippen molar-refractivity contribution in [2.45, 2.75) is 46.5 Å². The molecule has 0 N–H and O–H groups in total. The molecule has 3 aliphatic rings. The summed E-state index contributed by atoms with van der Waals surface area (Å²) in [5.74, 6) is 1.85. The average Bonchev–Trinajstić information content (AvgIpc) is 2.71. The van der Waals surface area contributed by atoms with Crippen molar-refractivity contribution >= 4 is 5.78 Å². The molecule has 0 radical (unpaired) electrons. The van der Waals surface area contributed by atoms with Crippen LogP contribution in [0.25, 0.3) is 0 Å². The molecule has 0 heterocycles. The van der Waals surface area contributed by atoms with Gasteiger partial charge in [-0.3, -0.25) is 4.79 Å². The van der Waals surface area contributed by atoms with Crippen molar-refractivity contribution in [1.29, 1.82) is 0 Å². The number of hydrogen-bond donors (Lipinski definition) is 0. The van der Waals surface area contributed by atoms with Crippen molar-refractivity contribution in [3.05, 3.63) is 11.6 Å². The SMILES string of the molecule is CC1C2=CC(=O)C[C@@]2(C)[C@@]2(C)CCCC12. The lowest BCUT2D eigenvalue weighted by atomic mass is 9.64. The van der Waals surface area contributed by atoms with Gasteiger partial charge < -0.3 is 0 Å². The van der Waals surface area contributed by atoms with Gasteiger partial charge in [0, 0.05) is 11.8 Å². The molecule has 0 spiro atoms. The quantitative estimate of drug-likeness (QED) is 0.591. The van der Waals surface area contributed by atoms with Gasteiger partial charge in [0.2, 0.25) is 0 Å². The van der Waals surface area contributed by atoms with Crippen molar-refractivity contribution in [2.24, 2.45) is 22.7 Å². The first-order chi connectivity index (χ1) is 6.99. The van der Waals surface area contributed by atoms with Gasteiger partial charge >= 0.3 is 0 Å². The number of allylic oxidation sites excluding steroid dienone is 2. The predicted molar refractivity (Wildman–Crippen MR) is 60.4 cm³/mol. The first kappa shape index (κ1) is 9.62. The third kappa shape index (κ3) is 0.885. The molecule has 2 fully saturated rings. The molecule has 0 aromatic heterocycles. The van der Waals surface area contributed by atoms with Gasteiger partial charge in [-0.05, 0) is 36.2 Å². The fourth-order valence-corrected chi connectivity index (χ4v) is 4.90. The second-order valence-corrected chi connectivity index (χ2v) is 6.28. The molecule has 2 saturated carbocycles. The number of hydrogen-bond acceptors (Lipinski definition) is 1. The van der Waals surface area contributed by atoms with E-state index in [1.165, 1.54) is 24.8 Å². The molecule has 1 nitrogen and oxygen atoms in total. The van der Waals surface area contributed by atoms with E-state index in [-0.39, 0.29) is 5.41 Å². The van der Waals surface area contributed by atoms with Crippen molar-refractivity contribution in [2.75, 3.05) is 0 Å². The highest BCUT2D eigenvalue weighted by atomic mass is 16.1. The van der Waals surface area contributed by atoms with Crippen LogP contribution in [0, 0.1) is 22.7 Å². The topological polar surface area (TPSA) is 17.1 Å². The van der Waals surface area contributed by atoms with E-state index in [4.69, 9.17) is 0 Å². The predicted octanol–water partition coefficient (Wildman–Crippen LogP) is 3.35. The lowest BCUT2D eigenvalue weighted by Crippen LogP contribution is -2.34. The molecule has 0 aromatic carbocycles. The van der Waals surface area contributed by atoms with Gasteiger partial charge in [-0.25, -0.2) is 0 Å². The molecule has 82 valence electrons. The number of rotatable bonds is 0. The number of ketones is 1. The van der Waals surface area contributed by atoms with E-state index in [0.29, 0.717) is 17.1 Å². The van der Waals surface area contributed by atoms with Gasteiger partial charge in [-0.2, -0.15) is 0 Å². The van der Waals surface area contributed by atoms with Crippen LogP contribution >= 0.6 is 0 Å². The number of carbonyl (C=O) groups excluding carboxylic acids is 1. The summed E-state index contributed by atoms with van der Waals surface area (Å²) in [4.78, 5) is 11.7. The second kappa shape index (κ2) is 2.56. The Labute approximate surface area is 91.9 Å². The van der Waals surface area contributed by atoms with E-state index in [0.717, 1.165) is 12.3 Å². The highest BCUT2D eigenvalue weighted by Crippen LogP contribution is 2.70. The summed E-state index contributed by atoms with van der Waals surface area (Å²) in [5, 5.41) is 0. The fraction of sp³-hybridized carbons (Fsp3) is 0.786. The van der Waals surface area contributed by atoms with Gasteiger partial charge in [0.25, 0.3) is 0 Å². The molecule has 1 heteroatoms. The maximum absolute atomic E-state index is 11.7. The Morgan fingerprint density at radius 1 is 1.40 bits per heavy atom. The summed E-state index contributed by atoms with van der Waals surface area (Å²) in [6, 6.07) is 0. The normalized spacial score (nSPS) is 53.0. The van der Waals surface area contributed by atoms with Crippen molar-refractivity contribution < 1.29 is 4.79 Å². The molecule has 0 amide bonds. The number of fused-ring (bicyclic) bond motifs is 3. The fourth-order valence-electron chi connectivity index (χ4n) is 4.90. The Hall–Kier alpha value is -0.590. The minimum atomic E-state index is 0.199. The first-order valence-corrected chi connectivity index (χ1v) is 6.24. The van der Waals surface area contributed by atoms with E-state index in [1.54, 1.807) is 0 Å². The standard InChI is InChI=1S/C14H20O/c1-9-11-5-4-6-13(11,2)14(3)8-10(15)7-12(9)14/h7,9,11H,4-6,8H2,1-3H3/t9?,11?,13-,14+/m0/s1. The van der Waals surface area contributed by atoms with E-state index >= 15 is 0 Å². The molecule has 4 atom stereocenters. The zero-order chi connectivity index (χ0) is 10.8. The summed E-state index contributed by atoms with van der Waals surface area (Å²) in [6.45, 7) is 7.11. The monoisotopic (exact) mass is 204 g/mol. The van der Waals surface area contributed by atoms with Crippen molar-refractivity contribution in [3.63, 3.8) is 0 Å². The van der Waals surface area contributed by atoms with E-state index in [9.17, 15) is 4.79 Å². The zero-order valence-corrected chi connectivity index (χ0v) is 9.97. The van der Waals surface area contributed by atoms with E-state index in [1.807, 2.05) is 6.08 Å². The van der Waals surface area contributed by atoms with E-state index in [2.05, 4.69) is 20.8 Å². The van der Waals surface area contributed by atoms with Crippen LogP contribution in [-0.4, -0.2) is 5.78 Å². The summed E-state index contributed by atoms with van der Waals surface area (Å²) in [5.41, 5.74) is 2.08. The molecule has 2 unspecified atom stereocenters. The molecule has 3 rings (SSSR count). The molecular formula is C14H20O. The average molecular weight is 204 g/mol. The third-order valence-corrected chi connectivity index (χ3v) is 5.87. The Balaban J connectivity index is 2.16. The molecular weight excluding hydrogens is 184 g/mol. The van der Waals surface area contributed by atoms with Gasteiger partial charge in [0.1, 0.15) is 0 Å². The Kier molecular flexibility index (Phi) is 1.64. The second-order valence-electron chi connectivity index (χ2n) is 6.28. The maximum atomic E-state index is 11.7. The maximum Gasteiger partial charge on any atom is 0.156 e. The zero-order valence-electron chi connectivity index (χ0n) is 9.97. The van der Waals surface area contributed by atoms with Crippen LogP contribution in [-0.2, 0) is 4.79 Å². The largest absolute Gasteiger partial charge is 0.295 e. The molecule has 0 aliphatic heterocycles. The van der Waals surface area contributed by atoms with Crippen molar-refractivity contribution in [1.82, 2.24) is 0 Å². The summed E-state index contributed by atoms with van der Waals surface area (Å²) in [7, 11) is 0. The van der Waals surface area contributed by atoms with Crippen LogP contribution in [0.1, 0.15) is 46.5 Å². The molecule has 3 aliphatic carbocycles. The Bertz CT molecular complexity index is 368. The smallest absolute Gasteiger partial charge is 0.156 e. The highest BCUT2D eigenvalue weighted by Gasteiger charge is 2.63.